The summed E-state index contributed by atoms with van der Waals surface area (Å²) < 4.78 is 10.6. The molecule has 4 rings (SSSR count). The zero-order chi connectivity index (χ0) is 20.8. The van der Waals surface area contributed by atoms with E-state index in [1.165, 1.54) is 0 Å². The van der Waals surface area contributed by atoms with Crippen molar-refractivity contribution in [3.63, 3.8) is 0 Å². The van der Waals surface area contributed by atoms with Crippen LogP contribution in [0.4, 0.5) is 4.79 Å². The SMILES string of the molecule is O=C(Oc1ccc(CNCc2ccc(Cl)cc2)cc1)Oc1ccc2ccccc2c1. The summed E-state index contributed by atoms with van der Waals surface area (Å²) in [6.45, 7) is 1.44. The van der Waals surface area contributed by atoms with Crippen LogP contribution in [-0.2, 0) is 13.1 Å². The van der Waals surface area contributed by atoms with E-state index in [1.54, 1.807) is 18.2 Å². The van der Waals surface area contributed by atoms with Gasteiger partial charge >= 0.3 is 6.16 Å². The predicted octanol–water partition coefficient (Wildman–Crippen LogP) is 6.36. The third-order valence-corrected chi connectivity index (χ3v) is 4.87. The molecule has 0 radical (unpaired) electrons. The van der Waals surface area contributed by atoms with E-state index in [-0.39, 0.29) is 0 Å². The lowest BCUT2D eigenvalue weighted by Gasteiger charge is -2.08. The van der Waals surface area contributed by atoms with Crippen LogP contribution in [0.2, 0.25) is 5.02 Å². The van der Waals surface area contributed by atoms with Gasteiger partial charge in [-0.25, -0.2) is 4.79 Å². The first-order valence-electron chi connectivity index (χ1n) is 9.58. The Balaban J connectivity index is 1.28. The third-order valence-electron chi connectivity index (χ3n) is 4.62. The van der Waals surface area contributed by atoms with E-state index in [0.29, 0.717) is 18.0 Å². The highest BCUT2D eigenvalue weighted by Gasteiger charge is 2.08. The maximum atomic E-state index is 12.1. The second kappa shape index (κ2) is 9.44. The normalized spacial score (nSPS) is 10.7. The van der Waals surface area contributed by atoms with Crippen molar-refractivity contribution in [2.24, 2.45) is 0 Å². The summed E-state index contributed by atoms with van der Waals surface area (Å²) in [6, 6.07) is 28.4. The van der Waals surface area contributed by atoms with Crippen LogP contribution in [0.3, 0.4) is 0 Å². The van der Waals surface area contributed by atoms with Gasteiger partial charge in [0, 0.05) is 18.1 Å². The summed E-state index contributed by atoms with van der Waals surface area (Å²) in [5.74, 6) is 0.879. The quantitative estimate of drug-likeness (QED) is 0.293. The summed E-state index contributed by atoms with van der Waals surface area (Å²) in [4.78, 5) is 12.1. The molecule has 30 heavy (non-hydrogen) atoms. The van der Waals surface area contributed by atoms with Crippen LogP contribution in [-0.4, -0.2) is 6.16 Å². The largest absolute Gasteiger partial charge is 0.519 e. The van der Waals surface area contributed by atoms with Gasteiger partial charge in [0.2, 0.25) is 0 Å². The summed E-state index contributed by atoms with van der Waals surface area (Å²) in [5.41, 5.74) is 2.25. The van der Waals surface area contributed by atoms with Gasteiger partial charge in [-0.15, -0.1) is 0 Å². The molecule has 150 valence electrons. The van der Waals surface area contributed by atoms with E-state index in [4.69, 9.17) is 21.1 Å². The summed E-state index contributed by atoms with van der Waals surface area (Å²) >= 11 is 5.90. The van der Waals surface area contributed by atoms with Gasteiger partial charge in [0.25, 0.3) is 0 Å². The fourth-order valence-electron chi connectivity index (χ4n) is 3.07. The number of benzene rings is 4. The molecule has 0 unspecified atom stereocenters. The van der Waals surface area contributed by atoms with Gasteiger partial charge in [-0.1, -0.05) is 66.2 Å². The predicted molar refractivity (Wildman–Crippen MR) is 119 cm³/mol. The minimum atomic E-state index is -0.765. The number of fused-ring (bicyclic) bond motifs is 1. The van der Waals surface area contributed by atoms with Gasteiger partial charge in [0.1, 0.15) is 11.5 Å². The van der Waals surface area contributed by atoms with Crippen LogP contribution in [0.15, 0.2) is 91.0 Å². The van der Waals surface area contributed by atoms with Gasteiger partial charge in [-0.3, -0.25) is 0 Å². The zero-order valence-electron chi connectivity index (χ0n) is 16.2. The minimum absolute atomic E-state index is 0.433. The maximum absolute atomic E-state index is 12.1. The van der Waals surface area contributed by atoms with Gasteiger partial charge in [0.05, 0.1) is 0 Å². The molecular weight excluding hydrogens is 398 g/mol. The molecule has 0 aliphatic carbocycles. The van der Waals surface area contributed by atoms with Crippen LogP contribution in [0, 0.1) is 0 Å². The Hall–Kier alpha value is -3.34. The molecule has 0 fully saturated rings. The van der Waals surface area contributed by atoms with Crippen molar-refractivity contribution in [3.05, 3.63) is 107 Å². The van der Waals surface area contributed by atoms with E-state index < -0.39 is 6.16 Å². The maximum Gasteiger partial charge on any atom is 0.519 e. The van der Waals surface area contributed by atoms with Crippen LogP contribution in [0.5, 0.6) is 11.5 Å². The lowest BCUT2D eigenvalue weighted by atomic mass is 10.1. The number of carbonyl (C=O) groups is 1. The smallest absolute Gasteiger partial charge is 0.395 e. The zero-order valence-corrected chi connectivity index (χ0v) is 16.9. The molecule has 0 aliphatic rings. The molecule has 0 spiro atoms. The number of nitrogens with one attached hydrogen (secondary N) is 1. The van der Waals surface area contributed by atoms with Crippen molar-refractivity contribution in [2.45, 2.75) is 13.1 Å². The van der Waals surface area contributed by atoms with E-state index >= 15 is 0 Å². The lowest BCUT2D eigenvalue weighted by molar-refractivity contribution is 0.152. The Kier molecular flexibility index (Phi) is 6.28. The molecule has 0 amide bonds. The molecule has 0 heterocycles. The van der Waals surface area contributed by atoms with Crippen molar-refractivity contribution in [1.29, 1.82) is 0 Å². The number of ether oxygens (including phenoxy) is 2. The molecule has 5 heteroatoms. The van der Waals surface area contributed by atoms with Crippen molar-refractivity contribution < 1.29 is 14.3 Å². The molecule has 4 aromatic carbocycles. The first-order valence-corrected chi connectivity index (χ1v) is 9.96. The summed E-state index contributed by atoms with van der Waals surface area (Å²) in [7, 11) is 0. The molecule has 4 nitrogen and oxygen atoms in total. The molecule has 0 atom stereocenters. The Morgan fingerprint density at radius 2 is 1.27 bits per heavy atom. The monoisotopic (exact) mass is 417 g/mol. The van der Waals surface area contributed by atoms with Crippen molar-refractivity contribution in [2.75, 3.05) is 0 Å². The summed E-state index contributed by atoms with van der Waals surface area (Å²) in [6.07, 6.45) is -0.765. The van der Waals surface area contributed by atoms with E-state index in [0.717, 1.165) is 33.5 Å². The van der Waals surface area contributed by atoms with Gasteiger partial charge in [-0.05, 0) is 58.3 Å². The molecule has 0 bridgehead atoms. The number of hydrogen-bond acceptors (Lipinski definition) is 4. The van der Waals surface area contributed by atoms with Gasteiger partial charge < -0.3 is 14.8 Å². The highest BCUT2D eigenvalue weighted by Crippen LogP contribution is 2.21. The molecule has 1 N–H and O–H groups in total. The van der Waals surface area contributed by atoms with Crippen LogP contribution >= 0.6 is 11.6 Å². The topological polar surface area (TPSA) is 47.6 Å². The third kappa shape index (κ3) is 5.38. The Morgan fingerprint density at radius 1 is 0.700 bits per heavy atom. The first-order chi connectivity index (χ1) is 14.7. The fourth-order valence-corrected chi connectivity index (χ4v) is 3.20. The molecule has 0 aliphatic heterocycles. The van der Waals surface area contributed by atoms with Crippen molar-refractivity contribution >= 4 is 28.5 Å². The molecule has 0 saturated heterocycles. The molecule has 0 aromatic heterocycles. The van der Waals surface area contributed by atoms with E-state index in [2.05, 4.69) is 5.32 Å². The standard InChI is InChI=1S/C25H20ClNO3/c26-22-10-5-18(6-11-22)16-27-17-19-7-12-23(13-8-19)29-25(28)30-24-14-9-20-3-1-2-4-21(20)15-24/h1-15,27H,16-17H2. The average molecular weight is 418 g/mol. The van der Waals surface area contributed by atoms with Crippen LogP contribution in [0.25, 0.3) is 10.8 Å². The lowest BCUT2D eigenvalue weighted by Crippen LogP contribution is -2.14. The van der Waals surface area contributed by atoms with E-state index in [1.807, 2.05) is 72.8 Å². The highest BCUT2D eigenvalue weighted by atomic mass is 35.5. The second-order valence-corrected chi connectivity index (χ2v) is 7.27. The summed E-state index contributed by atoms with van der Waals surface area (Å²) in [5, 5.41) is 6.18. The second-order valence-electron chi connectivity index (χ2n) is 6.84. The Morgan fingerprint density at radius 3 is 1.97 bits per heavy atom. The van der Waals surface area contributed by atoms with Crippen molar-refractivity contribution in [3.8, 4) is 11.5 Å². The van der Waals surface area contributed by atoms with Gasteiger partial charge in [-0.2, -0.15) is 0 Å². The number of carbonyl (C=O) groups excluding carboxylic acids is 1. The number of halogens is 1. The Labute approximate surface area is 180 Å². The number of hydrogen-bond donors (Lipinski definition) is 1. The minimum Gasteiger partial charge on any atom is -0.395 e. The Bertz CT molecular complexity index is 1140. The molecule has 0 saturated carbocycles. The van der Waals surface area contributed by atoms with Gasteiger partial charge in [0.15, 0.2) is 0 Å². The van der Waals surface area contributed by atoms with Crippen LogP contribution < -0.4 is 14.8 Å². The van der Waals surface area contributed by atoms with Crippen LogP contribution in [0.1, 0.15) is 11.1 Å². The van der Waals surface area contributed by atoms with Crippen molar-refractivity contribution in [1.82, 2.24) is 5.32 Å². The molecule has 4 aromatic rings. The van der Waals surface area contributed by atoms with E-state index in [9.17, 15) is 4.79 Å². The first kappa shape index (κ1) is 20.0. The molecular formula is C25H20ClNO3. The number of rotatable bonds is 6. The highest BCUT2D eigenvalue weighted by molar-refractivity contribution is 6.30. The average Bonchev–Trinajstić information content (AvgIpc) is 2.76. The fraction of sp³-hybridized carbons (Fsp3) is 0.0800.